The average Bonchev–Trinajstić information content (AvgIpc) is 2.68. The van der Waals surface area contributed by atoms with Crippen LogP contribution in [0.25, 0.3) is 0 Å². The van der Waals surface area contributed by atoms with Crippen LogP contribution in [0.3, 0.4) is 0 Å². The molecule has 0 radical (unpaired) electrons. The molecular weight excluding hydrogens is 352 g/mol. The lowest BCUT2D eigenvalue weighted by Crippen LogP contribution is -2.39. The van der Waals surface area contributed by atoms with E-state index in [9.17, 15) is 13.2 Å². The van der Waals surface area contributed by atoms with Crippen molar-refractivity contribution in [3.8, 4) is 6.07 Å². The number of methoxy groups -OCH3 is 1. The van der Waals surface area contributed by atoms with Crippen molar-refractivity contribution in [2.75, 3.05) is 13.7 Å². The largest absolute Gasteiger partial charge is 0.468 e. The maximum atomic E-state index is 13.2. The number of ether oxygens (including phenoxy) is 1. The Bertz CT molecular complexity index is 905. The summed E-state index contributed by atoms with van der Waals surface area (Å²) >= 11 is 0. The fraction of sp³-hybridized carbons (Fsp3) is 0.263. The molecule has 0 bridgehead atoms. The molecule has 0 N–H and O–H groups in total. The second kappa shape index (κ2) is 8.61. The van der Waals surface area contributed by atoms with E-state index in [1.54, 1.807) is 0 Å². The molecule has 2 aromatic rings. The Kier molecular flexibility index (Phi) is 6.50. The van der Waals surface area contributed by atoms with E-state index in [-0.39, 0.29) is 10.5 Å². The lowest BCUT2D eigenvalue weighted by molar-refractivity contribution is -0.141. The number of rotatable bonds is 7. The molecule has 0 amide bonds. The van der Waals surface area contributed by atoms with Gasteiger partial charge in [0.05, 0.1) is 29.7 Å². The third kappa shape index (κ3) is 4.28. The minimum atomic E-state index is -4.02. The van der Waals surface area contributed by atoms with Crippen molar-refractivity contribution < 1.29 is 17.9 Å². The highest BCUT2D eigenvalue weighted by Gasteiger charge is 2.33. The van der Waals surface area contributed by atoms with E-state index < -0.39 is 28.6 Å². The van der Waals surface area contributed by atoms with Gasteiger partial charge in [0.1, 0.15) is 6.54 Å². The van der Waals surface area contributed by atoms with Gasteiger partial charge in [0.15, 0.2) is 0 Å². The van der Waals surface area contributed by atoms with E-state index in [4.69, 9.17) is 5.26 Å². The number of nitrogens with zero attached hydrogens (tertiary/aromatic N) is 2. The maximum absolute atomic E-state index is 13.2. The molecule has 0 aliphatic carbocycles. The molecule has 1 atom stereocenters. The molecule has 0 aliphatic rings. The zero-order chi connectivity index (χ0) is 19.2. The molecule has 0 saturated carbocycles. The Hall–Kier alpha value is -2.69. The SMILES string of the molecule is CC[C@@H](c1ccccc1)N(CC(=O)OC)S(=O)(=O)c1cccc(C#N)c1. The number of sulfonamides is 1. The summed E-state index contributed by atoms with van der Waals surface area (Å²) in [6, 6.07) is 16.3. The van der Waals surface area contributed by atoms with Gasteiger partial charge in [0.2, 0.25) is 10.0 Å². The van der Waals surface area contributed by atoms with Gasteiger partial charge in [0, 0.05) is 0 Å². The fourth-order valence-corrected chi connectivity index (χ4v) is 4.38. The summed E-state index contributed by atoms with van der Waals surface area (Å²) in [6.07, 6.45) is 0.470. The Labute approximate surface area is 153 Å². The van der Waals surface area contributed by atoms with Gasteiger partial charge in [0.25, 0.3) is 0 Å². The molecule has 0 saturated heterocycles. The van der Waals surface area contributed by atoms with Crippen LogP contribution in [0.2, 0.25) is 0 Å². The Morgan fingerprint density at radius 1 is 1.19 bits per heavy atom. The first-order valence-electron chi connectivity index (χ1n) is 8.07. The molecular formula is C19H20N2O4S. The summed E-state index contributed by atoms with van der Waals surface area (Å²) in [7, 11) is -2.80. The average molecular weight is 372 g/mol. The van der Waals surface area contributed by atoms with Crippen LogP contribution in [0.15, 0.2) is 59.5 Å². The highest BCUT2D eigenvalue weighted by molar-refractivity contribution is 7.89. The Balaban J connectivity index is 2.55. The third-order valence-corrected chi connectivity index (χ3v) is 5.85. The van der Waals surface area contributed by atoms with Gasteiger partial charge >= 0.3 is 5.97 Å². The van der Waals surface area contributed by atoms with Gasteiger partial charge < -0.3 is 4.74 Å². The number of hydrogen-bond acceptors (Lipinski definition) is 5. The van der Waals surface area contributed by atoms with Crippen molar-refractivity contribution in [3.05, 3.63) is 65.7 Å². The van der Waals surface area contributed by atoms with Crippen molar-refractivity contribution >= 4 is 16.0 Å². The van der Waals surface area contributed by atoms with E-state index in [1.165, 1.54) is 31.4 Å². The monoisotopic (exact) mass is 372 g/mol. The second-order valence-electron chi connectivity index (χ2n) is 5.60. The van der Waals surface area contributed by atoms with Crippen LogP contribution in [0.5, 0.6) is 0 Å². The van der Waals surface area contributed by atoms with Crippen molar-refractivity contribution in [3.63, 3.8) is 0 Å². The number of nitriles is 1. The van der Waals surface area contributed by atoms with Gasteiger partial charge in [-0.15, -0.1) is 0 Å². The van der Waals surface area contributed by atoms with Crippen molar-refractivity contribution in [1.82, 2.24) is 4.31 Å². The Morgan fingerprint density at radius 3 is 2.46 bits per heavy atom. The molecule has 0 aliphatic heterocycles. The third-order valence-electron chi connectivity index (χ3n) is 4.00. The van der Waals surface area contributed by atoms with E-state index in [0.717, 1.165) is 9.87 Å². The number of esters is 1. The summed E-state index contributed by atoms with van der Waals surface area (Å²) in [5.41, 5.74) is 1.01. The molecule has 6 nitrogen and oxygen atoms in total. The molecule has 0 heterocycles. The first-order chi connectivity index (χ1) is 12.4. The van der Waals surface area contributed by atoms with E-state index in [2.05, 4.69) is 4.74 Å². The lowest BCUT2D eigenvalue weighted by Gasteiger charge is -2.29. The Morgan fingerprint density at radius 2 is 1.88 bits per heavy atom. The molecule has 0 spiro atoms. The zero-order valence-corrected chi connectivity index (χ0v) is 15.4. The zero-order valence-electron chi connectivity index (χ0n) is 14.6. The highest BCUT2D eigenvalue weighted by atomic mass is 32.2. The van der Waals surface area contributed by atoms with E-state index in [1.807, 2.05) is 43.3 Å². The van der Waals surface area contributed by atoms with Crippen LogP contribution in [0.1, 0.15) is 30.5 Å². The van der Waals surface area contributed by atoms with Gasteiger partial charge in [-0.05, 0) is 30.2 Å². The van der Waals surface area contributed by atoms with Gasteiger partial charge in [-0.1, -0.05) is 43.3 Å². The second-order valence-corrected chi connectivity index (χ2v) is 7.49. The lowest BCUT2D eigenvalue weighted by atomic mass is 10.0. The van der Waals surface area contributed by atoms with Crippen LogP contribution in [0.4, 0.5) is 0 Å². The first-order valence-corrected chi connectivity index (χ1v) is 9.51. The van der Waals surface area contributed by atoms with Crippen LogP contribution in [0, 0.1) is 11.3 Å². The van der Waals surface area contributed by atoms with E-state index >= 15 is 0 Å². The fourth-order valence-electron chi connectivity index (χ4n) is 2.70. The summed E-state index contributed by atoms with van der Waals surface area (Å²) in [6.45, 7) is 1.44. The molecule has 2 rings (SSSR count). The standard InChI is InChI=1S/C19H20N2O4S/c1-3-18(16-9-5-4-6-10-16)21(14-19(22)25-2)26(23,24)17-11-7-8-15(12-17)13-20/h4-12,18H,3,14H2,1-2H3/t18-/m0/s1. The topological polar surface area (TPSA) is 87.5 Å². The van der Waals surface area contributed by atoms with Gasteiger partial charge in [-0.3, -0.25) is 4.79 Å². The predicted molar refractivity (Wildman–Crippen MR) is 96.5 cm³/mol. The summed E-state index contributed by atoms with van der Waals surface area (Å²) < 4.78 is 32.3. The number of carbonyl (C=O) groups is 1. The number of hydrogen-bond donors (Lipinski definition) is 0. The molecule has 0 aromatic heterocycles. The molecule has 2 aromatic carbocycles. The molecule has 0 unspecified atom stereocenters. The quantitative estimate of drug-likeness (QED) is 0.698. The van der Waals surface area contributed by atoms with Crippen LogP contribution in [-0.4, -0.2) is 32.3 Å². The van der Waals surface area contributed by atoms with Crippen molar-refractivity contribution in [2.24, 2.45) is 0 Å². The van der Waals surface area contributed by atoms with Crippen LogP contribution < -0.4 is 0 Å². The summed E-state index contributed by atoms with van der Waals surface area (Å²) in [4.78, 5) is 11.9. The maximum Gasteiger partial charge on any atom is 0.321 e. The van der Waals surface area contributed by atoms with Gasteiger partial charge in [-0.2, -0.15) is 9.57 Å². The van der Waals surface area contributed by atoms with Crippen molar-refractivity contribution in [2.45, 2.75) is 24.3 Å². The minimum absolute atomic E-state index is 0.0326. The summed E-state index contributed by atoms with van der Waals surface area (Å²) in [5.74, 6) is -0.653. The van der Waals surface area contributed by atoms with Crippen LogP contribution in [-0.2, 0) is 19.6 Å². The number of carbonyl (C=O) groups excluding carboxylic acids is 1. The number of benzene rings is 2. The first kappa shape index (κ1) is 19.6. The van der Waals surface area contributed by atoms with E-state index in [0.29, 0.717) is 6.42 Å². The molecule has 26 heavy (non-hydrogen) atoms. The highest BCUT2D eigenvalue weighted by Crippen LogP contribution is 2.30. The van der Waals surface area contributed by atoms with Crippen LogP contribution >= 0.6 is 0 Å². The molecule has 7 heteroatoms. The van der Waals surface area contributed by atoms with Gasteiger partial charge in [-0.25, -0.2) is 8.42 Å². The smallest absolute Gasteiger partial charge is 0.321 e. The predicted octanol–water partition coefficient (Wildman–Crippen LogP) is 2.87. The molecule has 0 fully saturated rings. The normalized spacial score (nSPS) is 12.4. The van der Waals surface area contributed by atoms with Crippen molar-refractivity contribution in [1.29, 1.82) is 5.26 Å². The summed E-state index contributed by atoms with van der Waals surface area (Å²) in [5, 5.41) is 9.05. The molecule has 136 valence electrons. The minimum Gasteiger partial charge on any atom is -0.468 e.